The van der Waals surface area contributed by atoms with Crippen LogP contribution in [0, 0.1) is 6.92 Å². The molecule has 0 aliphatic rings. The Kier molecular flexibility index (Phi) is 3.19. The normalized spacial score (nSPS) is 12.9. The highest BCUT2D eigenvalue weighted by molar-refractivity contribution is 5.38. The first-order valence-electron chi connectivity index (χ1n) is 6.51. The van der Waals surface area contributed by atoms with Gasteiger partial charge in [0.2, 0.25) is 0 Å². The predicted molar refractivity (Wildman–Crippen MR) is 74.0 cm³/mol. The fourth-order valence-corrected chi connectivity index (χ4v) is 2.17. The predicted octanol–water partition coefficient (Wildman–Crippen LogP) is 1.02. The zero-order chi connectivity index (χ0) is 14.1. The van der Waals surface area contributed by atoms with Crippen LogP contribution in [-0.4, -0.2) is 29.4 Å². The molecule has 0 fully saturated rings. The lowest BCUT2D eigenvalue weighted by Crippen LogP contribution is -2.21. The first-order chi connectivity index (χ1) is 9.63. The molecular weight excluding hydrogens is 254 g/mol. The molecule has 3 rings (SSSR count). The number of aromatic nitrogens is 6. The lowest BCUT2D eigenvalue weighted by Gasteiger charge is -2.12. The van der Waals surface area contributed by atoms with Crippen molar-refractivity contribution in [1.82, 2.24) is 34.7 Å². The van der Waals surface area contributed by atoms with E-state index in [1.54, 1.807) is 10.8 Å². The number of nitrogens with one attached hydrogen (secondary N) is 1. The lowest BCUT2D eigenvalue weighted by molar-refractivity contribution is 0.526. The molecule has 7 nitrogen and oxygen atoms in total. The van der Waals surface area contributed by atoms with Crippen LogP contribution in [0.2, 0.25) is 0 Å². The molecule has 0 amide bonds. The molecule has 0 aromatic carbocycles. The number of hydrogen-bond acceptors (Lipinski definition) is 5. The Bertz CT molecular complexity index is 727. The molecule has 7 heteroatoms. The fraction of sp³-hybridized carbons (Fsp3) is 0.385. The van der Waals surface area contributed by atoms with Gasteiger partial charge >= 0.3 is 0 Å². The average molecular weight is 271 g/mol. The van der Waals surface area contributed by atoms with E-state index < -0.39 is 0 Å². The summed E-state index contributed by atoms with van der Waals surface area (Å²) in [5.41, 5.74) is 2.91. The lowest BCUT2D eigenvalue weighted by atomic mass is 10.2. The highest BCUT2D eigenvalue weighted by Crippen LogP contribution is 2.09. The molecule has 1 unspecified atom stereocenters. The second-order valence-electron chi connectivity index (χ2n) is 4.95. The quantitative estimate of drug-likeness (QED) is 0.767. The van der Waals surface area contributed by atoms with Crippen LogP contribution in [0.1, 0.15) is 30.0 Å². The third-order valence-corrected chi connectivity index (χ3v) is 3.24. The number of rotatable bonds is 4. The standard InChI is InChI=1S/C13H17N7/c1-9-4-12-15-6-11(7-20(12)18-9)5-14-10(2)13-17-16-8-19(13)3/h4,6-8,10,14H,5H2,1-3H3. The maximum Gasteiger partial charge on any atom is 0.155 e. The van der Waals surface area contributed by atoms with E-state index in [0.29, 0.717) is 6.54 Å². The minimum atomic E-state index is 0.123. The summed E-state index contributed by atoms with van der Waals surface area (Å²) in [6.07, 6.45) is 5.56. The summed E-state index contributed by atoms with van der Waals surface area (Å²) in [7, 11) is 1.94. The highest BCUT2D eigenvalue weighted by atomic mass is 15.3. The molecule has 0 saturated carbocycles. The van der Waals surface area contributed by atoms with E-state index >= 15 is 0 Å². The zero-order valence-corrected chi connectivity index (χ0v) is 11.8. The van der Waals surface area contributed by atoms with Crippen LogP contribution >= 0.6 is 0 Å². The molecule has 3 aromatic rings. The van der Waals surface area contributed by atoms with Gasteiger partial charge in [-0.25, -0.2) is 9.50 Å². The Morgan fingerprint density at radius 2 is 2.25 bits per heavy atom. The molecule has 0 aliphatic heterocycles. The van der Waals surface area contributed by atoms with Crippen LogP contribution in [0.25, 0.3) is 5.65 Å². The van der Waals surface area contributed by atoms with Crippen LogP contribution in [0.4, 0.5) is 0 Å². The van der Waals surface area contributed by atoms with Crippen LogP contribution < -0.4 is 5.32 Å². The summed E-state index contributed by atoms with van der Waals surface area (Å²) in [5.74, 6) is 0.911. The summed E-state index contributed by atoms with van der Waals surface area (Å²) >= 11 is 0. The maximum atomic E-state index is 4.39. The van der Waals surface area contributed by atoms with E-state index in [0.717, 1.165) is 22.7 Å². The van der Waals surface area contributed by atoms with Crippen molar-refractivity contribution in [3.63, 3.8) is 0 Å². The van der Waals surface area contributed by atoms with Gasteiger partial charge in [-0.2, -0.15) is 5.10 Å². The number of aryl methyl sites for hydroxylation is 2. The van der Waals surface area contributed by atoms with Gasteiger partial charge in [0.1, 0.15) is 12.2 Å². The first kappa shape index (κ1) is 12.7. The Balaban J connectivity index is 1.72. The van der Waals surface area contributed by atoms with Gasteiger partial charge in [0.05, 0.1) is 11.7 Å². The van der Waals surface area contributed by atoms with Gasteiger partial charge in [0.15, 0.2) is 5.65 Å². The maximum absolute atomic E-state index is 4.39. The second-order valence-corrected chi connectivity index (χ2v) is 4.95. The van der Waals surface area contributed by atoms with E-state index in [1.807, 2.05) is 37.0 Å². The third kappa shape index (κ3) is 2.39. The summed E-state index contributed by atoms with van der Waals surface area (Å²) in [6, 6.07) is 2.08. The number of nitrogens with zero attached hydrogens (tertiary/aromatic N) is 6. The number of hydrogen-bond donors (Lipinski definition) is 1. The van der Waals surface area contributed by atoms with Crippen molar-refractivity contribution in [3.8, 4) is 0 Å². The molecule has 0 aliphatic carbocycles. The SMILES string of the molecule is Cc1cc2ncc(CNC(C)c3nncn3C)cn2n1. The van der Waals surface area contributed by atoms with Crippen LogP contribution in [-0.2, 0) is 13.6 Å². The molecule has 3 heterocycles. The monoisotopic (exact) mass is 271 g/mol. The average Bonchev–Trinajstić information content (AvgIpc) is 3.00. The first-order valence-corrected chi connectivity index (χ1v) is 6.51. The molecule has 104 valence electrons. The van der Waals surface area contributed by atoms with E-state index in [2.05, 4.69) is 32.5 Å². The highest BCUT2D eigenvalue weighted by Gasteiger charge is 2.10. The van der Waals surface area contributed by atoms with Gasteiger partial charge in [-0.15, -0.1) is 10.2 Å². The van der Waals surface area contributed by atoms with E-state index in [9.17, 15) is 0 Å². The summed E-state index contributed by atoms with van der Waals surface area (Å²) < 4.78 is 3.72. The molecule has 1 atom stereocenters. The smallest absolute Gasteiger partial charge is 0.155 e. The van der Waals surface area contributed by atoms with Crippen molar-refractivity contribution in [1.29, 1.82) is 0 Å². The summed E-state index contributed by atoms with van der Waals surface area (Å²) in [5, 5.41) is 15.8. The molecule has 20 heavy (non-hydrogen) atoms. The Morgan fingerprint density at radius 3 is 3.00 bits per heavy atom. The Labute approximate surface area is 116 Å². The van der Waals surface area contributed by atoms with Gasteiger partial charge in [-0.3, -0.25) is 0 Å². The summed E-state index contributed by atoms with van der Waals surface area (Å²) in [4.78, 5) is 4.39. The third-order valence-electron chi connectivity index (χ3n) is 3.24. The van der Waals surface area contributed by atoms with Crippen molar-refractivity contribution in [2.24, 2.45) is 7.05 Å². The fourth-order valence-electron chi connectivity index (χ4n) is 2.17. The van der Waals surface area contributed by atoms with Crippen LogP contribution in [0.5, 0.6) is 0 Å². The minimum Gasteiger partial charge on any atom is -0.319 e. The van der Waals surface area contributed by atoms with Crippen molar-refractivity contribution < 1.29 is 0 Å². The van der Waals surface area contributed by atoms with Crippen molar-refractivity contribution >= 4 is 5.65 Å². The molecular formula is C13H17N7. The van der Waals surface area contributed by atoms with Crippen molar-refractivity contribution in [3.05, 3.63) is 41.9 Å². The van der Waals surface area contributed by atoms with Crippen molar-refractivity contribution in [2.45, 2.75) is 26.4 Å². The largest absolute Gasteiger partial charge is 0.319 e. The van der Waals surface area contributed by atoms with Crippen LogP contribution in [0.3, 0.4) is 0 Å². The van der Waals surface area contributed by atoms with Crippen LogP contribution in [0.15, 0.2) is 24.8 Å². The summed E-state index contributed by atoms with van der Waals surface area (Å²) in [6.45, 7) is 4.73. The zero-order valence-electron chi connectivity index (χ0n) is 11.8. The molecule has 0 spiro atoms. The van der Waals surface area contributed by atoms with E-state index in [4.69, 9.17) is 0 Å². The Morgan fingerprint density at radius 1 is 1.40 bits per heavy atom. The number of fused-ring (bicyclic) bond motifs is 1. The molecule has 0 radical (unpaired) electrons. The van der Waals surface area contributed by atoms with E-state index in [1.165, 1.54) is 0 Å². The van der Waals surface area contributed by atoms with Gasteiger partial charge in [0.25, 0.3) is 0 Å². The van der Waals surface area contributed by atoms with Gasteiger partial charge in [0, 0.05) is 37.6 Å². The second kappa shape index (κ2) is 5.01. The molecule has 0 saturated heterocycles. The Hall–Kier alpha value is -2.28. The molecule has 1 N–H and O–H groups in total. The van der Waals surface area contributed by atoms with Crippen molar-refractivity contribution in [2.75, 3.05) is 0 Å². The molecule has 3 aromatic heterocycles. The minimum absolute atomic E-state index is 0.123. The van der Waals surface area contributed by atoms with Gasteiger partial charge in [-0.05, 0) is 13.8 Å². The van der Waals surface area contributed by atoms with E-state index in [-0.39, 0.29) is 6.04 Å². The van der Waals surface area contributed by atoms with Gasteiger partial charge in [-0.1, -0.05) is 0 Å². The van der Waals surface area contributed by atoms with Gasteiger partial charge < -0.3 is 9.88 Å². The molecule has 0 bridgehead atoms. The topological polar surface area (TPSA) is 72.9 Å².